The minimum Gasteiger partial charge on any atom is -0.377 e. The Labute approximate surface area is 109 Å². The number of nitrogens with one attached hydrogen (secondary N) is 1. The van der Waals surface area contributed by atoms with Crippen molar-refractivity contribution in [1.29, 1.82) is 0 Å². The van der Waals surface area contributed by atoms with Crippen LogP contribution in [0.3, 0.4) is 0 Å². The largest absolute Gasteiger partial charge is 0.377 e. The molecule has 2 aliphatic rings. The average molecular weight is 255 g/mol. The fraction of sp³-hybridized carbons (Fsp3) is 0.923. The van der Waals surface area contributed by atoms with Gasteiger partial charge in [0.05, 0.1) is 6.10 Å². The van der Waals surface area contributed by atoms with Crippen LogP contribution in [-0.4, -0.2) is 74.7 Å². The fourth-order valence-electron chi connectivity index (χ4n) is 2.87. The minimum absolute atomic E-state index is 0.0355. The van der Waals surface area contributed by atoms with Crippen molar-refractivity contribution < 1.29 is 9.53 Å². The quantitative estimate of drug-likeness (QED) is 0.763. The molecule has 2 saturated heterocycles. The molecule has 0 aromatic rings. The molecule has 1 N–H and O–H groups in total. The van der Waals surface area contributed by atoms with E-state index in [1.165, 1.54) is 0 Å². The molecule has 2 fully saturated rings. The van der Waals surface area contributed by atoms with Gasteiger partial charge in [0.2, 0.25) is 5.91 Å². The maximum Gasteiger partial charge on any atom is 0.240 e. The van der Waals surface area contributed by atoms with Gasteiger partial charge in [-0.05, 0) is 26.3 Å². The smallest absolute Gasteiger partial charge is 0.240 e. The van der Waals surface area contributed by atoms with Crippen molar-refractivity contribution in [2.75, 3.05) is 46.9 Å². The van der Waals surface area contributed by atoms with Gasteiger partial charge in [-0.15, -0.1) is 0 Å². The third-order valence-electron chi connectivity index (χ3n) is 3.90. The lowest BCUT2D eigenvalue weighted by Gasteiger charge is -2.31. The van der Waals surface area contributed by atoms with Crippen LogP contribution in [0.15, 0.2) is 0 Å². The van der Waals surface area contributed by atoms with Crippen molar-refractivity contribution >= 4 is 5.91 Å². The highest BCUT2D eigenvalue weighted by Gasteiger charge is 2.32. The van der Waals surface area contributed by atoms with Crippen LogP contribution in [0.5, 0.6) is 0 Å². The van der Waals surface area contributed by atoms with E-state index in [1.807, 2.05) is 19.0 Å². The predicted molar refractivity (Wildman–Crippen MR) is 70.5 cm³/mol. The molecule has 2 aliphatic heterocycles. The first kappa shape index (κ1) is 13.8. The minimum atomic E-state index is -0.0355. The van der Waals surface area contributed by atoms with Gasteiger partial charge in [-0.3, -0.25) is 9.69 Å². The average Bonchev–Trinajstić information content (AvgIpc) is 2.82. The summed E-state index contributed by atoms with van der Waals surface area (Å²) in [6, 6.07) is -0.0355. The van der Waals surface area contributed by atoms with Gasteiger partial charge in [0.1, 0.15) is 6.04 Å². The zero-order valence-electron chi connectivity index (χ0n) is 11.5. The summed E-state index contributed by atoms with van der Waals surface area (Å²) in [5, 5.41) is 3.14. The molecule has 0 aliphatic carbocycles. The van der Waals surface area contributed by atoms with E-state index < -0.39 is 0 Å². The van der Waals surface area contributed by atoms with Gasteiger partial charge in [-0.1, -0.05) is 0 Å². The van der Waals surface area contributed by atoms with Gasteiger partial charge >= 0.3 is 0 Å². The molecule has 2 rings (SSSR count). The molecule has 0 spiro atoms. The van der Waals surface area contributed by atoms with Crippen molar-refractivity contribution in [2.45, 2.75) is 31.4 Å². The van der Waals surface area contributed by atoms with Crippen LogP contribution in [-0.2, 0) is 9.53 Å². The summed E-state index contributed by atoms with van der Waals surface area (Å²) in [4.78, 5) is 16.5. The molecular formula is C13H25N3O2. The van der Waals surface area contributed by atoms with E-state index in [0.717, 1.165) is 52.0 Å². The number of ether oxygens (including phenoxy) is 1. The Balaban J connectivity index is 2.01. The van der Waals surface area contributed by atoms with Crippen LogP contribution in [0.2, 0.25) is 0 Å². The summed E-state index contributed by atoms with van der Waals surface area (Å²) in [5.74, 6) is 0.236. The molecule has 2 unspecified atom stereocenters. The lowest BCUT2D eigenvalue weighted by Crippen LogP contribution is -2.51. The highest BCUT2D eigenvalue weighted by molar-refractivity contribution is 5.82. The molecule has 0 aromatic heterocycles. The Morgan fingerprint density at radius 2 is 2.22 bits per heavy atom. The fourth-order valence-corrected chi connectivity index (χ4v) is 2.87. The molecule has 0 saturated carbocycles. The van der Waals surface area contributed by atoms with Gasteiger partial charge in [0.25, 0.3) is 0 Å². The van der Waals surface area contributed by atoms with Gasteiger partial charge < -0.3 is 15.0 Å². The number of amides is 1. The van der Waals surface area contributed by atoms with Gasteiger partial charge in [-0.25, -0.2) is 0 Å². The van der Waals surface area contributed by atoms with Gasteiger partial charge in [0.15, 0.2) is 0 Å². The number of carbonyl (C=O) groups is 1. The topological polar surface area (TPSA) is 44.8 Å². The molecule has 2 atom stereocenters. The van der Waals surface area contributed by atoms with Crippen LogP contribution >= 0.6 is 0 Å². The van der Waals surface area contributed by atoms with Gasteiger partial charge in [0, 0.05) is 39.8 Å². The molecule has 0 radical (unpaired) electrons. The number of likely N-dealkylation sites (N-methyl/N-ethyl adjacent to an activating group) is 2. The van der Waals surface area contributed by atoms with Crippen molar-refractivity contribution in [3.63, 3.8) is 0 Å². The Kier molecular flexibility index (Phi) is 4.97. The normalized spacial score (nSPS) is 30.8. The predicted octanol–water partition coefficient (Wildman–Crippen LogP) is -0.0825. The van der Waals surface area contributed by atoms with Crippen LogP contribution in [0.4, 0.5) is 0 Å². The molecule has 104 valence electrons. The highest BCUT2D eigenvalue weighted by Crippen LogP contribution is 2.17. The van der Waals surface area contributed by atoms with E-state index in [2.05, 4.69) is 10.2 Å². The molecule has 0 bridgehead atoms. The standard InChI is InChI=1S/C13H25N3O2/c1-14-9-12-13(17)15(2)6-4-7-16(12)10-11-5-3-8-18-11/h11-12,14H,3-10H2,1-2H3. The number of hydrogen-bond donors (Lipinski definition) is 1. The van der Waals surface area contributed by atoms with E-state index in [9.17, 15) is 4.79 Å². The highest BCUT2D eigenvalue weighted by atomic mass is 16.5. The van der Waals surface area contributed by atoms with Crippen LogP contribution in [0.1, 0.15) is 19.3 Å². The zero-order valence-corrected chi connectivity index (χ0v) is 11.5. The van der Waals surface area contributed by atoms with E-state index in [-0.39, 0.29) is 11.9 Å². The monoisotopic (exact) mass is 255 g/mol. The first-order valence-corrected chi connectivity index (χ1v) is 6.97. The summed E-state index contributed by atoms with van der Waals surface area (Å²) < 4.78 is 5.70. The first-order chi connectivity index (χ1) is 8.72. The summed E-state index contributed by atoms with van der Waals surface area (Å²) in [7, 11) is 3.81. The Morgan fingerprint density at radius 1 is 1.39 bits per heavy atom. The van der Waals surface area contributed by atoms with E-state index in [4.69, 9.17) is 4.74 Å². The van der Waals surface area contributed by atoms with Crippen molar-refractivity contribution in [2.24, 2.45) is 0 Å². The summed E-state index contributed by atoms with van der Waals surface area (Å²) in [6.07, 6.45) is 3.66. The van der Waals surface area contributed by atoms with E-state index >= 15 is 0 Å². The van der Waals surface area contributed by atoms with Crippen molar-refractivity contribution in [3.8, 4) is 0 Å². The summed E-state index contributed by atoms with van der Waals surface area (Å²) >= 11 is 0. The summed E-state index contributed by atoms with van der Waals surface area (Å²) in [5.41, 5.74) is 0. The third kappa shape index (κ3) is 3.22. The molecule has 5 nitrogen and oxygen atoms in total. The summed E-state index contributed by atoms with van der Waals surface area (Å²) in [6.45, 7) is 4.34. The first-order valence-electron chi connectivity index (χ1n) is 6.97. The number of rotatable bonds is 4. The maximum atomic E-state index is 12.3. The molecule has 2 heterocycles. The second-order valence-electron chi connectivity index (χ2n) is 5.32. The lowest BCUT2D eigenvalue weighted by molar-refractivity contribution is -0.134. The second-order valence-corrected chi connectivity index (χ2v) is 5.32. The Bertz CT molecular complexity index is 279. The van der Waals surface area contributed by atoms with Crippen molar-refractivity contribution in [3.05, 3.63) is 0 Å². The zero-order chi connectivity index (χ0) is 13.0. The van der Waals surface area contributed by atoms with Gasteiger partial charge in [-0.2, -0.15) is 0 Å². The lowest BCUT2D eigenvalue weighted by atomic mass is 10.1. The molecule has 5 heteroatoms. The third-order valence-corrected chi connectivity index (χ3v) is 3.90. The SMILES string of the molecule is CNCC1C(=O)N(C)CCCN1CC1CCCO1. The molecule has 1 amide bonds. The second kappa shape index (κ2) is 6.50. The maximum absolute atomic E-state index is 12.3. The molecule has 0 aromatic carbocycles. The van der Waals surface area contributed by atoms with Crippen LogP contribution in [0.25, 0.3) is 0 Å². The van der Waals surface area contributed by atoms with Crippen molar-refractivity contribution in [1.82, 2.24) is 15.1 Å². The number of nitrogens with zero attached hydrogens (tertiary/aromatic N) is 2. The van der Waals surface area contributed by atoms with Crippen LogP contribution < -0.4 is 5.32 Å². The van der Waals surface area contributed by atoms with E-state index in [0.29, 0.717) is 6.10 Å². The molecular weight excluding hydrogens is 230 g/mol. The molecule has 18 heavy (non-hydrogen) atoms. The number of hydrogen-bond acceptors (Lipinski definition) is 4. The number of carbonyl (C=O) groups excluding carboxylic acids is 1. The Hall–Kier alpha value is -0.650. The van der Waals surface area contributed by atoms with Crippen LogP contribution in [0, 0.1) is 0 Å². The Morgan fingerprint density at radius 3 is 2.89 bits per heavy atom. The van der Waals surface area contributed by atoms with E-state index in [1.54, 1.807) is 0 Å².